The van der Waals surface area contributed by atoms with Crippen molar-refractivity contribution in [3.8, 4) is 11.4 Å². The minimum atomic E-state index is -0.364. The van der Waals surface area contributed by atoms with Crippen LogP contribution < -0.4 is 0 Å². The summed E-state index contributed by atoms with van der Waals surface area (Å²) in [5.74, 6) is 0.237. The zero-order chi connectivity index (χ0) is 14.4. The number of aromatic nitrogens is 3. The Hall–Kier alpha value is -2.30. The van der Waals surface area contributed by atoms with Gasteiger partial charge in [-0.15, -0.1) is 0 Å². The van der Waals surface area contributed by atoms with E-state index >= 15 is 0 Å². The maximum Gasteiger partial charge on any atom is 0.341 e. The van der Waals surface area contributed by atoms with Crippen LogP contribution in [0, 0.1) is 0 Å². The molecule has 5 heteroatoms. The van der Waals surface area contributed by atoms with Gasteiger partial charge in [0.15, 0.2) is 5.82 Å². The van der Waals surface area contributed by atoms with Crippen LogP contribution in [0.25, 0.3) is 11.4 Å². The van der Waals surface area contributed by atoms with Gasteiger partial charge in [0.2, 0.25) is 0 Å². The van der Waals surface area contributed by atoms with Crippen LogP contribution in [-0.2, 0) is 11.2 Å². The molecule has 5 nitrogen and oxygen atoms in total. The molecule has 0 aliphatic rings. The summed E-state index contributed by atoms with van der Waals surface area (Å²) < 4.78 is 5.03. The van der Waals surface area contributed by atoms with Gasteiger partial charge in [0, 0.05) is 24.2 Å². The molecule has 2 heterocycles. The van der Waals surface area contributed by atoms with Crippen molar-refractivity contribution in [1.29, 1.82) is 0 Å². The van der Waals surface area contributed by atoms with E-state index in [9.17, 15) is 4.79 Å². The number of ether oxygens (including phenoxy) is 1. The first-order chi connectivity index (χ1) is 9.76. The molecule has 104 valence electrons. The van der Waals surface area contributed by atoms with Gasteiger partial charge in [-0.2, -0.15) is 0 Å². The normalized spacial score (nSPS) is 10.3. The van der Waals surface area contributed by atoms with E-state index in [4.69, 9.17) is 4.74 Å². The van der Waals surface area contributed by atoms with Crippen LogP contribution in [0.15, 0.2) is 30.7 Å². The van der Waals surface area contributed by atoms with Crippen LogP contribution in [0.1, 0.15) is 36.3 Å². The Kier molecular flexibility index (Phi) is 4.76. The summed E-state index contributed by atoms with van der Waals surface area (Å²) >= 11 is 0. The molecule has 0 saturated carbocycles. The van der Waals surface area contributed by atoms with E-state index in [2.05, 4.69) is 15.0 Å². The van der Waals surface area contributed by atoms with E-state index in [0.29, 0.717) is 18.0 Å². The second kappa shape index (κ2) is 6.75. The molecule has 0 aromatic carbocycles. The van der Waals surface area contributed by atoms with Gasteiger partial charge in [-0.05, 0) is 25.5 Å². The van der Waals surface area contributed by atoms with Crippen LogP contribution in [0.2, 0.25) is 0 Å². The molecule has 0 amide bonds. The second-order valence-corrected chi connectivity index (χ2v) is 4.26. The molecular formula is C15H17N3O2. The first-order valence-corrected chi connectivity index (χ1v) is 6.69. The van der Waals surface area contributed by atoms with Crippen molar-refractivity contribution in [1.82, 2.24) is 15.0 Å². The van der Waals surface area contributed by atoms with Crippen molar-refractivity contribution in [2.45, 2.75) is 26.7 Å². The lowest BCUT2D eigenvalue weighted by Crippen LogP contribution is -2.11. The van der Waals surface area contributed by atoms with E-state index in [1.807, 2.05) is 19.1 Å². The van der Waals surface area contributed by atoms with Gasteiger partial charge in [-0.1, -0.05) is 13.3 Å². The number of esters is 1. The highest BCUT2D eigenvalue weighted by molar-refractivity contribution is 5.90. The highest BCUT2D eigenvalue weighted by atomic mass is 16.5. The predicted molar refractivity (Wildman–Crippen MR) is 75.2 cm³/mol. The van der Waals surface area contributed by atoms with Crippen LogP contribution in [0.3, 0.4) is 0 Å². The summed E-state index contributed by atoms with van der Waals surface area (Å²) in [5.41, 5.74) is 2.06. The lowest BCUT2D eigenvalue weighted by Gasteiger charge is -2.09. The Morgan fingerprint density at radius 1 is 1.25 bits per heavy atom. The highest BCUT2D eigenvalue weighted by Crippen LogP contribution is 2.17. The van der Waals surface area contributed by atoms with Crippen molar-refractivity contribution in [2.24, 2.45) is 0 Å². The Labute approximate surface area is 118 Å². The molecule has 2 rings (SSSR count). The van der Waals surface area contributed by atoms with Crippen molar-refractivity contribution in [3.63, 3.8) is 0 Å². The topological polar surface area (TPSA) is 65.0 Å². The monoisotopic (exact) mass is 271 g/mol. The van der Waals surface area contributed by atoms with Gasteiger partial charge in [0.1, 0.15) is 0 Å². The zero-order valence-corrected chi connectivity index (χ0v) is 11.7. The lowest BCUT2D eigenvalue weighted by atomic mass is 10.1. The van der Waals surface area contributed by atoms with Gasteiger partial charge >= 0.3 is 5.97 Å². The largest absolute Gasteiger partial charge is 0.462 e. The minimum Gasteiger partial charge on any atom is -0.462 e. The van der Waals surface area contributed by atoms with Gasteiger partial charge in [0.25, 0.3) is 0 Å². The molecule has 0 bridgehead atoms. The van der Waals surface area contributed by atoms with Crippen molar-refractivity contribution >= 4 is 5.97 Å². The molecule has 0 aliphatic carbocycles. The quantitative estimate of drug-likeness (QED) is 0.782. The molecule has 0 atom stereocenters. The molecule has 0 radical (unpaired) electrons. The molecule has 2 aromatic rings. The van der Waals surface area contributed by atoms with Crippen LogP contribution in [0.4, 0.5) is 0 Å². The van der Waals surface area contributed by atoms with Crippen LogP contribution in [-0.4, -0.2) is 27.5 Å². The van der Waals surface area contributed by atoms with E-state index in [1.54, 1.807) is 25.5 Å². The maximum absolute atomic E-state index is 11.9. The summed E-state index contributed by atoms with van der Waals surface area (Å²) in [6.07, 6.45) is 6.55. The molecular weight excluding hydrogens is 254 g/mol. The molecule has 20 heavy (non-hydrogen) atoms. The number of aryl methyl sites for hydroxylation is 1. The Morgan fingerprint density at radius 2 is 2.00 bits per heavy atom. The van der Waals surface area contributed by atoms with Gasteiger partial charge in [0.05, 0.1) is 17.9 Å². The number of pyridine rings is 1. The van der Waals surface area contributed by atoms with E-state index in [0.717, 1.165) is 24.1 Å². The van der Waals surface area contributed by atoms with Crippen LogP contribution in [0.5, 0.6) is 0 Å². The minimum absolute atomic E-state index is 0.344. The fourth-order valence-corrected chi connectivity index (χ4v) is 1.86. The maximum atomic E-state index is 11.9. The van der Waals surface area contributed by atoms with E-state index in [1.165, 1.54) is 0 Å². The Morgan fingerprint density at radius 3 is 2.65 bits per heavy atom. The molecule has 0 unspecified atom stereocenters. The Bertz CT molecular complexity index is 585. The predicted octanol–water partition coefficient (Wildman–Crippen LogP) is 2.67. The fourth-order valence-electron chi connectivity index (χ4n) is 1.86. The Balaban J connectivity index is 2.39. The number of nitrogens with zero attached hydrogens (tertiary/aromatic N) is 3. The third-order valence-electron chi connectivity index (χ3n) is 2.79. The lowest BCUT2D eigenvalue weighted by molar-refractivity contribution is 0.0524. The summed E-state index contributed by atoms with van der Waals surface area (Å²) in [6.45, 7) is 4.17. The number of carbonyl (C=O) groups excluding carboxylic acids is 1. The molecule has 2 aromatic heterocycles. The third kappa shape index (κ3) is 3.17. The number of hydrogen-bond acceptors (Lipinski definition) is 5. The van der Waals surface area contributed by atoms with Crippen LogP contribution >= 0.6 is 0 Å². The SMILES string of the molecule is CCCc1nc(-c2ccncc2)ncc1C(=O)OCC. The van der Waals surface area contributed by atoms with Crippen molar-refractivity contribution < 1.29 is 9.53 Å². The van der Waals surface area contributed by atoms with Crippen molar-refractivity contribution in [3.05, 3.63) is 42.0 Å². The first kappa shape index (κ1) is 14.1. The molecule has 0 N–H and O–H groups in total. The van der Waals surface area contributed by atoms with Gasteiger partial charge < -0.3 is 4.74 Å². The fraction of sp³-hybridized carbons (Fsp3) is 0.333. The number of hydrogen-bond donors (Lipinski definition) is 0. The molecule has 0 fully saturated rings. The average molecular weight is 271 g/mol. The van der Waals surface area contributed by atoms with E-state index in [-0.39, 0.29) is 5.97 Å². The molecule has 0 saturated heterocycles. The summed E-state index contributed by atoms with van der Waals surface area (Å²) in [6, 6.07) is 3.68. The molecule has 0 aliphatic heterocycles. The smallest absolute Gasteiger partial charge is 0.341 e. The summed E-state index contributed by atoms with van der Waals surface area (Å²) in [5, 5.41) is 0. The first-order valence-electron chi connectivity index (χ1n) is 6.69. The highest BCUT2D eigenvalue weighted by Gasteiger charge is 2.15. The van der Waals surface area contributed by atoms with Gasteiger partial charge in [-0.3, -0.25) is 4.98 Å². The number of carbonyl (C=O) groups is 1. The summed E-state index contributed by atoms with van der Waals surface area (Å²) in [7, 11) is 0. The average Bonchev–Trinajstić information content (AvgIpc) is 2.48. The summed E-state index contributed by atoms with van der Waals surface area (Å²) in [4.78, 5) is 24.6. The zero-order valence-electron chi connectivity index (χ0n) is 11.7. The van der Waals surface area contributed by atoms with Gasteiger partial charge in [-0.25, -0.2) is 14.8 Å². The second-order valence-electron chi connectivity index (χ2n) is 4.26. The standard InChI is InChI=1S/C15H17N3O2/c1-3-5-13-12(15(19)20-4-2)10-17-14(18-13)11-6-8-16-9-7-11/h6-10H,3-5H2,1-2H3. The van der Waals surface area contributed by atoms with Crippen molar-refractivity contribution in [2.75, 3.05) is 6.61 Å². The van der Waals surface area contributed by atoms with E-state index < -0.39 is 0 Å². The number of rotatable bonds is 5. The molecule has 0 spiro atoms. The third-order valence-corrected chi connectivity index (χ3v) is 2.79.